The number of thiophene rings is 1. The molecule has 0 unspecified atom stereocenters. The van der Waals surface area contributed by atoms with E-state index in [0.717, 1.165) is 60.1 Å². The zero-order valence-electron chi connectivity index (χ0n) is 22.2. The Kier molecular flexibility index (Phi) is 7.41. The van der Waals surface area contributed by atoms with E-state index < -0.39 is 6.04 Å². The monoisotopic (exact) mass is 532 g/mol. The number of benzene rings is 1. The third-order valence-corrected chi connectivity index (χ3v) is 8.95. The first-order chi connectivity index (χ1) is 18.6. The summed E-state index contributed by atoms with van der Waals surface area (Å²) < 4.78 is 8.12. The lowest BCUT2D eigenvalue weighted by molar-refractivity contribution is 0.0571. The Morgan fingerprint density at radius 2 is 2.03 bits per heavy atom. The number of aryl methyl sites for hydroxylation is 2. The molecule has 0 radical (unpaired) electrons. The van der Waals surface area contributed by atoms with Crippen LogP contribution in [-0.4, -0.2) is 49.3 Å². The molecule has 2 aliphatic rings. The van der Waals surface area contributed by atoms with Gasteiger partial charge in [-0.1, -0.05) is 31.4 Å². The van der Waals surface area contributed by atoms with Crippen molar-refractivity contribution in [1.82, 2.24) is 30.1 Å². The number of aromatic amines is 1. The molecule has 1 saturated carbocycles. The second kappa shape index (κ2) is 11.1. The Labute approximate surface area is 227 Å². The fourth-order valence-corrected chi connectivity index (χ4v) is 7.00. The molecule has 2 atom stereocenters. The molecule has 6 rings (SSSR count). The molecule has 38 heavy (non-hydrogen) atoms. The summed E-state index contributed by atoms with van der Waals surface area (Å²) in [6.45, 7) is 6.37. The summed E-state index contributed by atoms with van der Waals surface area (Å²) in [6, 6.07) is 10.4. The van der Waals surface area contributed by atoms with Crippen LogP contribution < -0.4 is 5.56 Å². The first kappa shape index (κ1) is 25.4. The SMILES string of the molecule is Cc1cc(C)c2cc([C@@H](c3nnnn3C3CCCCC3)N(Cc3cccs3)C[C@@H]3CCCO3)c(=O)[nH]c2c1. The highest BCUT2D eigenvalue weighted by Gasteiger charge is 2.35. The first-order valence-electron chi connectivity index (χ1n) is 13.9. The van der Waals surface area contributed by atoms with E-state index in [9.17, 15) is 4.79 Å². The summed E-state index contributed by atoms with van der Waals surface area (Å²) in [4.78, 5) is 20.6. The van der Waals surface area contributed by atoms with Crippen molar-refractivity contribution in [2.24, 2.45) is 0 Å². The van der Waals surface area contributed by atoms with Gasteiger partial charge in [-0.15, -0.1) is 16.4 Å². The Hall–Kier alpha value is -2.88. The van der Waals surface area contributed by atoms with Crippen LogP contribution in [-0.2, 0) is 11.3 Å². The van der Waals surface area contributed by atoms with Crippen LogP contribution in [0.25, 0.3) is 10.9 Å². The number of pyridine rings is 1. The minimum Gasteiger partial charge on any atom is -0.377 e. The number of ether oxygens (including phenoxy) is 1. The molecule has 4 aromatic rings. The minimum absolute atomic E-state index is 0.0887. The maximum absolute atomic E-state index is 13.8. The zero-order valence-corrected chi connectivity index (χ0v) is 23.0. The fraction of sp³-hybridized carbons (Fsp3) is 0.517. The standard InChI is InChI=1S/C29H36N6O2S/c1-19-14-20(2)24-16-25(29(36)30-26(24)15-19)27(28-31-32-33-35(28)21-8-4-3-5-9-21)34(17-22-10-6-12-37-22)18-23-11-7-13-38-23/h7,11,13-16,21-22,27H,3-6,8-10,12,17-18H2,1-2H3,(H,30,36)/t22-,27-/m0/s1. The molecule has 1 saturated heterocycles. The van der Waals surface area contributed by atoms with E-state index in [2.05, 4.69) is 68.9 Å². The average molecular weight is 533 g/mol. The number of tetrazole rings is 1. The van der Waals surface area contributed by atoms with Crippen LogP contribution in [0.5, 0.6) is 0 Å². The molecule has 0 amide bonds. The number of fused-ring (bicyclic) bond motifs is 1. The zero-order chi connectivity index (χ0) is 26.1. The van der Waals surface area contributed by atoms with Gasteiger partial charge in [0.05, 0.1) is 12.1 Å². The molecule has 9 heteroatoms. The molecule has 1 aromatic carbocycles. The molecule has 1 N–H and O–H groups in total. The van der Waals surface area contributed by atoms with E-state index in [4.69, 9.17) is 4.74 Å². The lowest BCUT2D eigenvalue weighted by Crippen LogP contribution is -2.39. The van der Waals surface area contributed by atoms with Crippen LogP contribution >= 0.6 is 11.3 Å². The van der Waals surface area contributed by atoms with Crippen LogP contribution in [0, 0.1) is 13.8 Å². The van der Waals surface area contributed by atoms with Crippen LogP contribution in [0.15, 0.2) is 40.5 Å². The van der Waals surface area contributed by atoms with Gasteiger partial charge in [-0.2, -0.15) is 0 Å². The van der Waals surface area contributed by atoms with E-state index >= 15 is 0 Å². The number of aromatic nitrogens is 5. The number of hydrogen-bond donors (Lipinski definition) is 1. The van der Waals surface area contributed by atoms with Gasteiger partial charge in [-0.05, 0) is 84.7 Å². The summed E-state index contributed by atoms with van der Waals surface area (Å²) in [5.74, 6) is 0.751. The summed E-state index contributed by atoms with van der Waals surface area (Å²) in [5, 5.41) is 16.5. The molecule has 1 aliphatic heterocycles. The highest BCUT2D eigenvalue weighted by Crippen LogP contribution is 2.35. The van der Waals surface area contributed by atoms with Gasteiger partial charge in [0, 0.05) is 41.0 Å². The second-order valence-corrected chi connectivity index (χ2v) is 11.9. The Morgan fingerprint density at radius 1 is 1.16 bits per heavy atom. The topological polar surface area (TPSA) is 88.9 Å². The fourth-order valence-electron chi connectivity index (χ4n) is 6.27. The quantitative estimate of drug-likeness (QED) is 0.324. The molecule has 3 aromatic heterocycles. The Bertz CT molecular complexity index is 1430. The number of nitrogens with one attached hydrogen (secondary N) is 1. The van der Waals surface area contributed by atoms with Crippen molar-refractivity contribution in [2.45, 2.75) is 83.5 Å². The molecule has 0 bridgehead atoms. The molecule has 8 nitrogen and oxygen atoms in total. The Balaban J connectivity index is 1.51. The van der Waals surface area contributed by atoms with Crippen LogP contribution in [0.1, 0.15) is 84.4 Å². The van der Waals surface area contributed by atoms with E-state index in [-0.39, 0.29) is 17.7 Å². The van der Waals surface area contributed by atoms with Gasteiger partial charge in [0.1, 0.15) is 6.04 Å². The smallest absolute Gasteiger partial charge is 0.253 e. The molecular formula is C29H36N6O2S. The highest BCUT2D eigenvalue weighted by molar-refractivity contribution is 7.09. The summed E-state index contributed by atoms with van der Waals surface area (Å²) in [6.07, 6.45) is 7.95. The lowest BCUT2D eigenvalue weighted by atomic mass is 9.94. The highest BCUT2D eigenvalue weighted by atomic mass is 32.1. The number of hydrogen-bond acceptors (Lipinski definition) is 7. The maximum Gasteiger partial charge on any atom is 0.253 e. The number of rotatable bonds is 8. The van der Waals surface area contributed by atoms with Crippen LogP contribution in [0.4, 0.5) is 0 Å². The average Bonchev–Trinajstić information content (AvgIpc) is 3.69. The van der Waals surface area contributed by atoms with Gasteiger partial charge in [-0.3, -0.25) is 9.69 Å². The van der Waals surface area contributed by atoms with E-state index in [1.165, 1.54) is 24.1 Å². The third kappa shape index (κ3) is 5.19. The van der Waals surface area contributed by atoms with E-state index in [0.29, 0.717) is 18.7 Å². The van der Waals surface area contributed by atoms with Gasteiger partial charge < -0.3 is 9.72 Å². The van der Waals surface area contributed by atoms with Crippen LogP contribution in [0.2, 0.25) is 0 Å². The molecule has 2 fully saturated rings. The van der Waals surface area contributed by atoms with E-state index in [1.54, 1.807) is 11.3 Å². The summed E-state index contributed by atoms with van der Waals surface area (Å²) in [5.41, 5.74) is 3.74. The normalized spacial score (nSPS) is 19.5. The van der Waals surface area contributed by atoms with Crippen molar-refractivity contribution >= 4 is 22.2 Å². The minimum atomic E-state index is -0.396. The predicted octanol–water partition coefficient (Wildman–Crippen LogP) is 5.47. The van der Waals surface area contributed by atoms with Crippen LogP contribution in [0.3, 0.4) is 0 Å². The van der Waals surface area contributed by atoms with Crippen molar-refractivity contribution in [3.8, 4) is 0 Å². The molecule has 0 spiro atoms. The van der Waals surface area contributed by atoms with Crippen molar-refractivity contribution in [3.05, 3.63) is 73.5 Å². The van der Waals surface area contributed by atoms with E-state index in [1.807, 2.05) is 10.7 Å². The molecule has 200 valence electrons. The molecule has 1 aliphatic carbocycles. The van der Waals surface area contributed by atoms with Crippen molar-refractivity contribution in [1.29, 1.82) is 0 Å². The lowest BCUT2D eigenvalue weighted by Gasteiger charge is -2.33. The predicted molar refractivity (Wildman–Crippen MR) is 150 cm³/mol. The van der Waals surface area contributed by atoms with Crippen molar-refractivity contribution < 1.29 is 4.74 Å². The Morgan fingerprint density at radius 3 is 2.79 bits per heavy atom. The van der Waals surface area contributed by atoms with Gasteiger partial charge in [-0.25, -0.2) is 4.68 Å². The van der Waals surface area contributed by atoms with Gasteiger partial charge in [0.15, 0.2) is 5.82 Å². The molecular weight excluding hydrogens is 496 g/mol. The maximum atomic E-state index is 13.8. The third-order valence-electron chi connectivity index (χ3n) is 8.09. The first-order valence-corrected chi connectivity index (χ1v) is 14.7. The second-order valence-electron chi connectivity index (χ2n) is 10.9. The summed E-state index contributed by atoms with van der Waals surface area (Å²) in [7, 11) is 0. The molecule has 4 heterocycles. The number of H-pyrrole nitrogens is 1. The van der Waals surface area contributed by atoms with Crippen molar-refractivity contribution in [3.63, 3.8) is 0 Å². The van der Waals surface area contributed by atoms with Gasteiger partial charge in [0.2, 0.25) is 0 Å². The summed E-state index contributed by atoms with van der Waals surface area (Å²) >= 11 is 1.74. The van der Waals surface area contributed by atoms with Gasteiger partial charge >= 0.3 is 0 Å². The largest absolute Gasteiger partial charge is 0.377 e. The number of nitrogens with zero attached hydrogens (tertiary/aromatic N) is 5. The van der Waals surface area contributed by atoms with Crippen molar-refractivity contribution in [2.75, 3.05) is 13.2 Å². The van der Waals surface area contributed by atoms with Gasteiger partial charge in [0.25, 0.3) is 5.56 Å².